The number of hydrogen-bond acceptors (Lipinski definition) is 2. The fourth-order valence-electron chi connectivity index (χ4n) is 1.01. The Morgan fingerprint density at radius 3 is 2.57 bits per heavy atom. The molecule has 3 heteroatoms. The molecule has 0 aliphatic carbocycles. The molecule has 1 aromatic heterocycles. The van der Waals surface area contributed by atoms with E-state index in [1.54, 1.807) is 0 Å². The SMILES string of the molecule is Cc1cnc(NCC(C)(C)C)c(Br)c1. The zero-order valence-electron chi connectivity index (χ0n) is 9.19. The number of rotatable bonds is 2. The molecule has 14 heavy (non-hydrogen) atoms. The number of nitrogens with one attached hydrogen (secondary N) is 1. The molecule has 0 bridgehead atoms. The fraction of sp³-hybridized carbons (Fsp3) is 0.545. The summed E-state index contributed by atoms with van der Waals surface area (Å²) >= 11 is 3.49. The van der Waals surface area contributed by atoms with Crippen molar-refractivity contribution in [2.24, 2.45) is 5.41 Å². The Morgan fingerprint density at radius 2 is 2.07 bits per heavy atom. The van der Waals surface area contributed by atoms with Gasteiger partial charge in [0.05, 0.1) is 4.47 Å². The van der Waals surface area contributed by atoms with E-state index in [0.717, 1.165) is 22.4 Å². The molecule has 0 aliphatic rings. The molecule has 0 radical (unpaired) electrons. The third kappa shape index (κ3) is 3.66. The monoisotopic (exact) mass is 256 g/mol. The maximum Gasteiger partial charge on any atom is 0.140 e. The van der Waals surface area contributed by atoms with Crippen LogP contribution >= 0.6 is 15.9 Å². The first kappa shape index (κ1) is 11.5. The molecule has 1 aromatic rings. The smallest absolute Gasteiger partial charge is 0.140 e. The van der Waals surface area contributed by atoms with Gasteiger partial charge in [-0.25, -0.2) is 4.98 Å². The molecule has 0 unspecified atom stereocenters. The molecule has 0 aromatic carbocycles. The van der Waals surface area contributed by atoms with Crippen molar-refractivity contribution in [1.29, 1.82) is 0 Å². The van der Waals surface area contributed by atoms with E-state index in [0.29, 0.717) is 0 Å². The van der Waals surface area contributed by atoms with Crippen molar-refractivity contribution in [2.45, 2.75) is 27.7 Å². The van der Waals surface area contributed by atoms with Crippen molar-refractivity contribution in [3.8, 4) is 0 Å². The number of hydrogen-bond donors (Lipinski definition) is 1. The van der Waals surface area contributed by atoms with Crippen molar-refractivity contribution < 1.29 is 0 Å². The number of pyridine rings is 1. The van der Waals surface area contributed by atoms with Gasteiger partial charge in [0, 0.05) is 12.7 Å². The minimum atomic E-state index is 0.270. The lowest BCUT2D eigenvalue weighted by Crippen LogP contribution is -2.19. The van der Waals surface area contributed by atoms with Crippen molar-refractivity contribution >= 4 is 21.7 Å². The average Bonchev–Trinajstić information content (AvgIpc) is 2.00. The predicted molar refractivity (Wildman–Crippen MR) is 64.6 cm³/mol. The van der Waals surface area contributed by atoms with E-state index in [-0.39, 0.29) is 5.41 Å². The fourth-order valence-corrected chi connectivity index (χ4v) is 1.62. The molecule has 1 N–H and O–H groups in total. The van der Waals surface area contributed by atoms with Gasteiger partial charge in [0.25, 0.3) is 0 Å². The van der Waals surface area contributed by atoms with Crippen LogP contribution in [0.1, 0.15) is 26.3 Å². The first-order valence-electron chi connectivity index (χ1n) is 4.74. The third-order valence-electron chi connectivity index (χ3n) is 1.76. The summed E-state index contributed by atoms with van der Waals surface area (Å²) in [5, 5.41) is 3.32. The van der Waals surface area contributed by atoms with Crippen LogP contribution < -0.4 is 5.32 Å². The second kappa shape index (κ2) is 4.30. The standard InChI is InChI=1S/C11H17BrN2/c1-8-5-9(12)10(13-6-8)14-7-11(2,3)4/h5-6H,7H2,1-4H3,(H,13,14). The summed E-state index contributed by atoms with van der Waals surface area (Å²) in [7, 11) is 0. The summed E-state index contributed by atoms with van der Waals surface area (Å²) in [5.41, 5.74) is 1.43. The van der Waals surface area contributed by atoms with Crippen LogP contribution in [0.5, 0.6) is 0 Å². The molecule has 1 rings (SSSR count). The molecule has 1 heterocycles. The van der Waals surface area contributed by atoms with Crippen LogP contribution in [0.4, 0.5) is 5.82 Å². The number of anilines is 1. The van der Waals surface area contributed by atoms with Gasteiger partial charge in [0.15, 0.2) is 0 Å². The molecule has 0 aliphatic heterocycles. The van der Waals surface area contributed by atoms with E-state index in [2.05, 4.69) is 53.1 Å². The summed E-state index contributed by atoms with van der Waals surface area (Å²) in [6.07, 6.45) is 1.87. The van der Waals surface area contributed by atoms with Gasteiger partial charge in [0.1, 0.15) is 5.82 Å². The van der Waals surface area contributed by atoms with Crippen LogP contribution in [0.3, 0.4) is 0 Å². The van der Waals surface area contributed by atoms with Crippen LogP contribution in [0, 0.1) is 12.3 Å². The second-order valence-electron chi connectivity index (χ2n) is 4.76. The van der Waals surface area contributed by atoms with Crippen LogP contribution in [0.2, 0.25) is 0 Å². The van der Waals surface area contributed by atoms with E-state index in [9.17, 15) is 0 Å². The Hall–Kier alpha value is -0.570. The summed E-state index contributed by atoms with van der Waals surface area (Å²) in [5.74, 6) is 0.922. The Labute approximate surface area is 94.3 Å². The van der Waals surface area contributed by atoms with E-state index >= 15 is 0 Å². The van der Waals surface area contributed by atoms with E-state index in [1.807, 2.05) is 13.1 Å². The van der Waals surface area contributed by atoms with Gasteiger partial charge in [-0.05, 0) is 39.9 Å². The topological polar surface area (TPSA) is 24.9 Å². The molecule has 0 saturated carbocycles. The summed E-state index contributed by atoms with van der Waals surface area (Å²) in [6, 6.07) is 2.07. The van der Waals surface area contributed by atoms with Gasteiger partial charge in [-0.15, -0.1) is 0 Å². The normalized spacial score (nSPS) is 11.5. The summed E-state index contributed by atoms with van der Waals surface area (Å²) in [6.45, 7) is 9.54. The van der Waals surface area contributed by atoms with Gasteiger partial charge < -0.3 is 5.32 Å². The number of halogens is 1. The first-order chi connectivity index (χ1) is 6.38. The highest BCUT2D eigenvalue weighted by Gasteiger charge is 2.10. The van der Waals surface area contributed by atoms with Crippen molar-refractivity contribution in [3.63, 3.8) is 0 Å². The summed E-state index contributed by atoms with van der Waals surface area (Å²) in [4.78, 5) is 4.32. The predicted octanol–water partition coefficient (Wildman–Crippen LogP) is 3.61. The lowest BCUT2D eigenvalue weighted by Gasteiger charge is -2.19. The van der Waals surface area contributed by atoms with Gasteiger partial charge >= 0.3 is 0 Å². The largest absolute Gasteiger partial charge is 0.369 e. The molecule has 0 fully saturated rings. The van der Waals surface area contributed by atoms with Crippen LogP contribution in [-0.2, 0) is 0 Å². The molecule has 2 nitrogen and oxygen atoms in total. The Morgan fingerprint density at radius 1 is 1.43 bits per heavy atom. The lowest BCUT2D eigenvalue weighted by atomic mass is 9.97. The molecule has 0 atom stereocenters. The summed E-state index contributed by atoms with van der Waals surface area (Å²) < 4.78 is 1.03. The van der Waals surface area contributed by atoms with Crippen molar-refractivity contribution in [2.75, 3.05) is 11.9 Å². The van der Waals surface area contributed by atoms with Gasteiger partial charge in [-0.1, -0.05) is 20.8 Å². The van der Waals surface area contributed by atoms with Gasteiger partial charge in [-0.3, -0.25) is 0 Å². The molecule has 78 valence electrons. The molecule has 0 amide bonds. The first-order valence-corrected chi connectivity index (χ1v) is 5.54. The second-order valence-corrected chi connectivity index (χ2v) is 5.61. The van der Waals surface area contributed by atoms with Crippen LogP contribution in [0.25, 0.3) is 0 Å². The lowest BCUT2D eigenvalue weighted by molar-refractivity contribution is 0.442. The minimum Gasteiger partial charge on any atom is -0.369 e. The number of nitrogens with zero attached hydrogens (tertiary/aromatic N) is 1. The van der Waals surface area contributed by atoms with Crippen LogP contribution in [0.15, 0.2) is 16.7 Å². The third-order valence-corrected chi connectivity index (χ3v) is 2.37. The maximum absolute atomic E-state index is 4.32. The Kier molecular flexibility index (Phi) is 3.53. The number of aryl methyl sites for hydroxylation is 1. The quantitative estimate of drug-likeness (QED) is 0.875. The van der Waals surface area contributed by atoms with Crippen LogP contribution in [-0.4, -0.2) is 11.5 Å². The van der Waals surface area contributed by atoms with Crippen molar-refractivity contribution in [3.05, 3.63) is 22.3 Å². The molecular formula is C11H17BrN2. The molecular weight excluding hydrogens is 240 g/mol. The zero-order valence-corrected chi connectivity index (χ0v) is 10.8. The highest BCUT2D eigenvalue weighted by atomic mass is 79.9. The van der Waals surface area contributed by atoms with Gasteiger partial charge in [0.2, 0.25) is 0 Å². The van der Waals surface area contributed by atoms with E-state index in [4.69, 9.17) is 0 Å². The van der Waals surface area contributed by atoms with E-state index in [1.165, 1.54) is 0 Å². The molecule has 0 saturated heterocycles. The molecule has 0 spiro atoms. The minimum absolute atomic E-state index is 0.270. The average molecular weight is 257 g/mol. The highest BCUT2D eigenvalue weighted by molar-refractivity contribution is 9.10. The van der Waals surface area contributed by atoms with Gasteiger partial charge in [-0.2, -0.15) is 0 Å². The Balaban J connectivity index is 2.68. The zero-order chi connectivity index (χ0) is 10.8. The number of aromatic nitrogens is 1. The maximum atomic E-state index is 4.32. The highest BCUT2D eigenvalue weighted by Crippen LogP contribution is 2.22. The van der Waals surface area contributed by atoms with E-state index < -0.39 is 0 Å². The van der Waals surface area contributed by atoms with Crippen molar-refractivity contribution in [1.82, 2.24) is 4.98 Å². The Bertz CT molecular complexity index is 316.